The third-order valence-electron chi connectivity index (χ3n) is 2.39. The number of halogens is 1. The topological polar surface area (TPSA) is 29.5 Å². The summed E-state index contributed by atoms with van der Waals surface area (Å²) in [4.78, 5) is 0. The summed E-state index contributed by atoms with van der Waals surface area (Å²) >= 11 is 5.93. The second-order valence-electron chi connectivity index (χ2n) is 4.78. The average molecular weight is 243 g/mol. The normalized spacial score (nSPS) is 11.6. The van der Waals surface area contributed by atoms with Gasteiger partial charge in [0.2, 0.25) is 0 Å². The molecule has 0 bridgehead atoms. The Hall–Kier alpha value is -0.730. The highest BCUT2D eigenvalue weighted by molar-refractivity contribution is 6.30. The van der Waals surface area contributed by atoms with Gasteiger partial charge in [-0.05, 0) is 51.0 Å². The number of ether oxygens (including phenoxy) is 1. The number of benzene rings is 1. The second-order valence-corrected chi connectivity index (χ2v) is 5.22. The molecule has 0 saturated carbocycles. The smallest absolute Gasteiger partial charge is 0.125 e. The van der Waals surface area contributed by atoms with E-state index in [4.69, 9.17) is 16.3 Å². The molecule has 0 aromatic heterocycles. The Morgan fingerprint density at radius 1 is 1.25 bits per heavy atom. The van der Waals surface area contributed by atoms with Crippen molar-refractivity contribution >= 4 is 11.6 Å². The van der Waals surface area contributed by atoms with Gasteiger partial charge in [0.1, 0.15) is 5.75 Å². The van der Waals surface area contributed by atoms with E-state index in [1.54, 1.807) is 13.8 Å². The summed E-state index contributed by atoms with van der Waals surface area (Å²) in [5.41, 5.74) is 1.37. The highest BCUT2D eigenvalue weighted by Crippen LogP contribution is 2.27. The summed E-state index contributed by atoms with van der Waals surface area (Å²) in [6, 6.07) is 3.77. The zero-order valence-electron chi connectivity index (χ0n) is 10.3. The fraction of sp³-hybridized carbons (Fsp3) is 0.538. The van der Waals surface area contributed by atoms with Gasteiger partial charge in [-0.15, -0.1) is 0 Å². The molecule has 0 heterocycles. The minimum absolute atomic E-state index is 0.507. The quantitative estimate of drug-likeness (QED) is 0.876. The van der Waals surface area contributed by atoms with Crippen LogP contribution in [0.25, 0.3) is 0 Å². The molecular formula is C13H19ClO2. The maximum absolute atomic E-state index is 9.58. The van der Waals surface area contributed by atoms with Crippen LogP contribution in [0.15, 0.2) is 12.1 Å². The van der Waals surface area contributed by atoms with Gasteiger partial charge in [-0.3, -0.25) is 0 Å². The molecule has 1 rings (SSSR count). The van der Waals surface area contributed by atoms with Crippen LogP contribution in [0.5, 0.6) is 5.75 Å². The molecule has 0 aliphatic rings. The van der Waals surface area contributed by atoms with Crippen molar-refractivity contribution in [3.8, 4) is 5.75 Å². The highest BCUT2D eigenvalue weighted by atomic mass is 35.5. The van der Waals surface area contributed by atoms with E-state index in [1.165, 1.54) is 0 Å². The van der Waals surface area contributed by atoms with Gasteiger partial charge in [0, 0.05) is 11.4 Å². The maximum atomic E-state index is 9.58. The van der Waals surface area contributed by atoms with E-state index in [9.17, 15) is 5.11 Å². The Bertz CT molecular complexity index is 344. The van der Waals surface area contributed by atoms with Crippen LogP contribution >= 0.6 is 11.6 Å². The monoisotopic (exact) mass is 242 g/mol. The molecule has 0 amide bonds. The Balaban J connectivity index is 2.68. The van der Waals surface area contributed by atoms with Crippen LogP contribution in [0, 0.1) is 13.8 Å². The average Bonchev–Trinajstić information content (AvgIpc) is 2.07. The Morgan fingerprint density at radius 3 is 2.19 bits per heavy atom. The molecule has 1 N–H and O–H groups in total. The predicted molar refractivity (Wildman–Crippen MR) is 67.3 cm³/mol. The molecule has 16 heavy (non-hydrogen) atoms. The van der Waals surface area contributed by atoms with Crippen LogP contribution < -0.4 is 4.74 Å². The van der Waals surface area contributed by atoms with Crippen LogP contribution in [-0.2, 0) is 0 Å². The van der Waals surface area contributed by atoms with Gasteiger partial charge < -0.3 is 9.84 Å². The van der Waals surface area contributed by atoms with Crippen molar-refractivity contribution in [2.75, 3.05) is 6.61 Å². The summed E-state index contributed by atoms with van der Waals surface area (Å²) in [6.45, 7) is 8.00. The fourth-order valence-corrected chi connectivity index (χ4v) is 1.86. The van der Waals surface area contributed by atoms with Gasteiger partial charge in [-0.25, -0.2) is 0 Å². The lowest BCUT2D eigenvalue weighted by Crippen LogP contribution is -2.22. The first-order chi connectivity index (χ1) is 7.29. The van der Waals surface area contributed by atoms with Gasteiger partial charge in [0.05, 0.1) is 12.2 Å². The van der Waals surface area contributed by atoms with Crippen LogP contribution in [0.3, 0.4) is 0 Å². The predicted octanol–water partition coefficient (Wildman–Crippen LogP) is 3.50. The second kappa shape index (κ2) is 5.07. The number of aliphatic hydroxyl groups is 1. The molecule has 1 aromatic rings. The van der Waals surface area contributed by atoms with Crippen molar-refractivity contribution in [2.24, 2.45) is 0 Å². The van der Waals surface area contributed by atoms with Crippen molar-refractivity contribution in [1.29, 1.82) is 0 Å². The molecular weight excluding hydrogens is 224 g/mol. The van der Waals surface area contributed by atoms with Gasteiger partial charge in [0.25, 0.3) is 0 Å². The molecule has 0 aliphatic carbocycles. The van der Waals surface area contributed by atoms with Crippen LogP contribution in [0.1, 0.15) is 31.4 Å². The van der Waals surface area contributed by atoms with Crippen LogP contribution in [0.2, 0.25) is 5.02 Å². The lowest BCUT2D eigenvalue weighted by atomic mass is 10.1. The summed E-state index contributed by atoms with van der Waals surface area (Å²) in [5, 5.41) is 10.3. The molecule has 0 unspecified atom stereocenters. The minimum atomic E-state index is -0.686. The highest BCUT2D eigenvalue weighted by Gasteiger charge is 2.13. The Labute approximate surface area is 102 Å². The molecule has 0 saturated heterocycles. The van der Waals surface area contributed by atoms with Crippen molar-refractivity contribution in [2.45, 2.75) is 39.7 Å². The van der Waals surface area contributed by atoms with Gasteiger partial charge in [-0.2, -0.15) is 0 Å². The maximum Gasteiger partial charge on any atom is 0.125 e. The first kappa shape index (κ1) is 13.3. The first-order valence-corrected chi connectivity index (χ1v) is 5.79. The third kappa shape index (κ3) is 4.03. The van der Waals surface area contributed by atoms with E-state index >= 15 is 0 Å². The molecule has 1 aromatic carbocycles. The Morgan fingerprint density at radius 2 is 1.75 bits per heavy atom. The van der Waals surface area contributed by atoms with E-state index in [1.807, 2.05) is 26.0 Å². The summed E-state index contributed by atoms with van der Waals surface area (Å²) in [7, 11) is 0. The van der Waals surface area contributed by atoms with Crippen LogP contribution in [-0.4, -0.2) is 17.3 Å². The number of rotatable bonds is 4. The molecule has 0 radical (unpaired) electrons. The first-order valence-electron chi connectivity index (χ1n) is 5.41. The van der Waals surface area contributed by atoms with Crippen LogP contribution in [0.4, 0.5) is 0 Å². The van der Waals surface area contributed by atoms with E-state index in [0.717, 1.165) is 21.9 Å². The summed E-state index contributed by atoms with van der Waals surface area (Å²) in [6.07, 6.45) is 0.606. The van der Waals surface area contributed by atoms with Crippen molar-refractivity contribution in [3.63, 3.8) is 0 Å². The molecule has 90 valence electrons. The molecule has 3 heteroatoms. The largest absolute Gasteiger partial charge is 0.493 e. The molecule has 0 spiro atoms. The zero-order valence-corrected chi connectivity index (χ0v) is 11.1. The van der Waals surface area contributed by atoms with E-state index in [-0.39, 0.29) is 0 Å². The van der Waals surface area contributed by atoms with E-state index in [0.29, 0.717) is 13.0 Å². The summed E-state index contributed by atoms with van der Waals surface area (Å²) in [5.74, 6) is 0.869. The summed E-state index contributed by atoms with van der Waals surface area (Å²) < 4.78 is 5.68. The Kier molecular flexibility index (Phi) is 4.22. The lowest BCUT2D eigenvalue weighted by Gasteiger charge is -2.18. The number of aryl methyl sites for hydroxylation is 2. The lowest BCUT2D eigenvalue weighted by molar-refractivity contribution is 0.0551. The van der Waals surface area contributed by atoms with Crippen molar-refractivity contribution < 1.29 is 9.84 Å². The molecule has 0 aliphatic heterocycles. The van der Waals surface area contributed by atoms with E-state index < -0.39 is 5.60 Å². The van der Waals surface area contributed by atoms with Crippen molar-refractivity contribution in [1.82, 2.24) is 0 Å². The van der Waals surface area contributed by atoms with Gasteiger partial charge in [0.15, 0.2) is 0 Å². The number of hydrogen-bond donors (Lipinski definition) is 1. The zero-order chi connectivity index (χ0) is 12.3. The SMILES string of the molecule is Cc1cc(Cl)cc(C)c1OCCC(C)(C)O. The number of hydrogen-bond acceptors (Lipinski definition) is 2. The minimum Gasteiger partial charge on any atom is -0.493 e. The molecule has 0 atom stereocenters. The van der Waals surface area contributed by atoms with E-state index in [2.05, 4.69) is 0 Å². The van der Waals surface area contributed by atoms with Gasteiger partial charge in [-0.1, -0.05) is 11.6 Å². The molecule has 0 fully saturated rings. The standard InChI is InChI=1S/C13H19ClO2/c1-9-7-11(14)8-10(2)12(9)16-6-5-13(3,4)15/h7-8,15H,5-6H2,1-4H3. The fourth-order valence-electron chi connectivity index (χ4n) is 1.53. The van der Waals surface area contributed by atoms with Crippen molar-refractivity contribution in [3.05, 3.63) is 28.3 Å². The van der Waals surface area contributed by atoms with Gasteiger partial charge >= 0.3 is 0 Å². The molecule has 2 nitrogen and oxygen atoms in total. The third-order valence-corrected chi connectivity index (χ3v) is 2.60.